The molecule has 94 valence electrons. The van der Waals surface area contributed by atoms with Gasteiger partial charge in [0, 0.05) is 12.0 Å². The van der Waals surface area contributed by atoms with Crippen molar-refractivity contribution in [2.45, 2.75) is 26.4 Å². The Labute approximate surface area is 107 Å². The summed E-state index contributed by atoms with van der Waals surface area (Å²) in [5.41, 5.74) is 0.674. The molecule has 0 aliphatic rings. The molecule has 0 saturated carbocycles. The lowest BCUT2D eigenvalue weighted by Crippen LogP contribution is -2.19. The third-order valence-corrected chi connectivity index (χ3v) is 3.24. The molecule has 0 aromatic heterocycles. The number of aliphatic hydroxyl groups is 1. The van der Waals surface area contributed by atoms with Crippen LogP contribution in [-0.4, -0.2) is 17.0 Å². The minimum absolute atomic E-state index is 0.00181. The average Bonchev–Trinajstić information content (AvgIpc) is 2.37. The average molecular weight is 242 g/mol. The summed E-state index contributed by atoms with van der Waals surface area (Å²) in [5, 5.41) is 11.9. The van der Waals surface area contributed by atoms with Gasteiger partial charge in [0.25, 0.3) is 0 Å². The second kappa shape index (κ2) is 5.32. The van der Waals surface area contributed by atoms with E-state index in [4.69, 9.17) is 0 Å². The number of benzene rings is 2. The molecule has 1 N–H and O–H groups in total. The molecule has 0 heterocycles. The summed E-state index contributed by atoms with van der Waals surface area (Å²) >= 11 is 0. The largest absolute Gasteiger partial charge is 0.392 e. The maximum absolute atomic E-state index is 12.0. The van der Waals surface area contributed by atoms with E-state index in [2.05, 4.69) is 0 Å². The summed E-state index contributed by atoms with van der Waals surface area (Å²) in [6, 6.07) is 13.6. The Morgan fingerprint density at radius 3 is 2.44 bits per heavy atom. The molecule has 0 bridgehead atoms. The van der Waals surface area contributed by atoms with Gasteiger partial charge < -0.3 is 5.11 Å². The van der Waals surface area contributed by atoms with Crippen LogP contribution in [0.2, 0.25) is 0 Å². The van der Waals surface area contributed by atoms with Gasteiger partial charge in [0.05, 0.1) is 6.10 Å². The Hall–Kier alpha value is -1.67. The molecule has 0 amide bonds. The Morgan fingerprint density at radius 2 is 1.78 bits per heavy atom. The highest BCUT2D eigenvalue weighted by Crippen LogP contribution is 2.18. The van der Waals surface area contributed by atoms with Gasteiger partial charge in [-0.15, -0.1) is 0 Å². The maximum atomic E-state index is 12.0. The molecule has 0 aliphatic carbocycles. The fourth-order valence-electron chi connectivity index (χ4n) is 1.91. The third kappa shape index (κ3) is 2.77. The second-order valence-electron chi connectivity index (χ2n) is 5.00. The summed E-state index contributed by atoms with van der Waals surface area (Å²) in [7, 11) is 0. The molecule has 0 fully saturated rings. The molecule has 18 heavy (non-hydrogen) atoms. The smallest absolute Gasteiger partial charge is 0.165 e. The molecular formula is C16H18O2. The van der Waals surface area contributed by atoms with Crippen LogP contribution in [0.3, 0.4) is 0 Å². The fourth-order valence-corrected chi connectivity index (χ4v) is 1.91. The van der Waals surface area contributed by atoms with Gasteiger partial charge in [-0.25, -0.2) is 0 Å². The zero-order valence-electron chi connectivity index (χ0n) is 10.8. The number of rotatable bonds is 4. The summed E-state index contributed by atoms with van der Waals surface area (Å²) in [4.78, 5) is 12.0. The van der Waals surface area contributed by atoms with Crippen molar-refractivity contribution < 1.29 is 9.90 Å². The fraction of sp³-hybridized carbons (Fsp3) is 0.312. The van der Waals surface area contributed by atoms with Gasteiger partial charge in [0.1, 0.15) is 0 Å². The van der Waals surface area contributed by atoms with Crippen molar-refractivity contribution >= 4 is 16.6 Å². The highest BCUT2D eigenvalue weighted by atomic mass is 16.3. The van der Waals surface area contributed by atoms with Crippen molar-refractivity contribution in [3.8, 4) is 0 Å². The molecule has 1 unspecified atom stereocenters. The third-order valence-electron chi connectivity index (χ3n) is 3.24. The zero-order chi connectivity index (χ0) is 13.1. The monoisotopic (exact) mass is 242 g/mol. The molecule has 2 rings (SSSR count). The highest BCUT2D eigenvalue weighted by Gasteiger charge is 2.15. The van der Waals surface area contributed by atoms with Crippen LogP contribution in [0.5, 0.6) is 0 Å². The van der Waals surface area contributed by atoms with Crippen LogP contribution < -0.4 is 0 Å². The summed E-state index contributed by atoms with van der Waals surface area (Å²) in [6.45, 7) is 3.83. The Morgan fingerprint density at radius 1 is 1.11 bits per heavy atom. The van der Waals surface area contributed by atoms with Gasteiger partial charge in [-0.1, -0.05) is 50.2 Å². The Bertz CT molecular complexity index is 558. The van der Waals surface area contributed by atoms with E-state index < -0.39 is 6.10 Å². The summed E-state index contributed by atoms with van der Waals surface area (Å²) < 4.78 is 0. The number of carbonyl (C=O) groups excluding carboxylic acids is 1. The molecular weight excluding hydrogens is 224 g/mol. The van der Waals surface area contributed by atoms with E-state index in [1.54, 1.807) is 0 Å². The molecule has 0 aliphatic heterocycles. The number of ketones is 1. The van der Waals surface area contributed by atoms with Crippen molar-refractivity contribution in [2.75, 3.05) is 0 Å². The van der Waals surface area contributed by atoms with Crippen LogP contribution in [0.15, 0.2) is 42.5 Å². The zero-order valence-corrected chi connectivity index (χ0v) is 10.8. The van der Waals surface area contributed by atoms with Gasteiger partial charge in [0.2, 0.25) is 0 Å². The molecule has 0 saturated heterocycles. The highest BCUT2D eigenvalue weighted by molar-refractivity contribution is 6.00. The SMILES string of the molecule is CC(C)C(O)CC(=O)c1ccc2ccccc2c1. The van der Waals surface area contributed by atoms with Crippen molar-refractivity contribution in [1.82, 2.24) is 0 Å². The number of aliphatic hydroxyl groups excluding tert-OH is 1. The van der Waals surface area contributed by atoms with Gasteiger partial charge in [-0.3, -0.25) is 4.79 Å². The van der Waals surface area contributed by atoms with Crippen LogP contribution in [0.4, 0.5) is 0 Å². The van der Waals surface area contributed by atoms with Crippen molar-refractivity contribution in [3.05, 3.63) is 48.0 Å². The molecule has 2 aromatic carbocycles. The van der Waals surface area contributed by atoms with Gasteiger partial charge in [-0.05, 0) is 22.8 Å². The number of hydrogen-bond donors (Lipinski definition) is 1. The molecule has 2 aromatic rings. The first-order chi connectivity index (χ1) is 8.58. The normalized spacial score (nSPS) is 12.9. The maximum Gasteiger partial charge on any atom is 0.165 e. The van der Waals surface area contributed by atoms with Gasteiger partial charge >= 0.3 is 0 Å². The van der Waals surface area contributed by atoms with E-state index in [9.17, 15) is 9.90 Å². The van der Waals surface area contributed by atoms with E-state index in [0.717, 1.165) is 10.8 Å². The number of carbonyl (C=O) groups is 1. The van der Waals surface area contributed by atoms with E-state index >= 15 is 0 Å². The number of hydrogen-bond acceptors (Lipinski definition) is 2. The first kappa shape index (κ1) is 12.8. The molecule has 1 atom stereocenters. The molecule has 0 radical (unpaired) electrons. The number of Topliss-reactive ketones (excluding diaryl/α,β-unsaturated/α-hetero) is 1. The van der Waals surface area contributed by atoms with E-state index in [1.807, 2.05) is 56.3 Å². The van der Waals surface area contributed by atoms with Crippen LogP contribution in [0.1, 0.15) is 30.6 Å². The van der Waals surface area contributed by atoms with Gasteiger partial charge in [0.15, 0.2) is 5.78 Å². The van der Waals surface area contributed by atoms with E-state index in [-0.39, 0.29) is 18.1 Å². The van der Waals surface area contributed by atoms with Crippen LogP contribution in [0, 0.1) is 5.92 Å². The molecule has 2 nitrogen and oxygen atoms in total. The first-order valence-corrected chi connectivity index (χ1v) is 6.28. The summed E-state index contributed by atoms with van der Waals surface area (Å²) in [5.74, 6) is 0.108. The van der Waals surface area contributed by atoms with Crippen LogP contribution in [0.25, 0.3) is 10.8 Å². The topological polar surface area (TPSA) is 37.3 Å². The van der Waals surface area contributed by atoms with Crippen molar-refractivity contribution in [2.24, 2.45) is 5.92 Å². The minimum atomic E-state index is -0.566. The predicted molar refractivity (Wildman–Crippen MR) is 73.7 cm³/mol. The number of fused-ring (bicyclic) bond motifs is 1. The molecule has 0 spiro atoms. The minimum Gasteiger partial charge on any atom is -0.392 e. The van der Waals surface area contributed by atoms with E-state index in [1.165, 1.54) is 0 Å². The lowest BCUT2D eigenvalue weighted by Gasteiger charge is -2.13. The Balaban J connectivity index is 2.23. The molecule has 2 heteroatoms. The van der Waals surface area contributed by atoms with Crippen LogP contribution >= 0.6 is 0 Å². The summed E-state index contributed by atoms with van der Waals surface area (Å²) in [6.07, 6.45) is -0.375. The lowest BCUT2D eigenvalue weighted by molar-refractivity contribution is 0.0790. The van der Waals surface area contributed by atoms with Crippen molar-refractivity contribution in [1.29, 1.82) is 0 Å². The predicted octanol–water partition coefficient (Wildman–Crippen LogP) is 3.43. The van der Waals surface area contributed by atoms with Crippen molar-refractivity contribution in [3.63, 3.8) is 0 Å². The Kier molecular flexibility index (Phi) is 3.78. The van der Waals surface area contributed by atoms with E-state index in [0.29, 0.717) is 5.56 Å². The van der Waals surface area contributed by atoms with Crippen LogP contribution in [-0.2, 0) is 0 Å². The quantitative estimate of drug-likeness (QED) is 0.834. The lowest BCUT2D eigenvalue weighted by atomic mass is 9.97. The van der Waals surface area contributed by atoms with Gasteiger partial charge in [-0.2, -0.15) is 0 Å². The first-order valence-electron chi connectivity index (χ1n) is 6.28. The standard InChI is InChI=1S/C16H18O2/c1-11(2)15(17)10-16(18)14-8-7-12-5-3-4-6-13(12)9-14/h3-9,11,15,17H,10H2,1-2H3. The second-order valence-corrected chi connectivity index (χ2v) is 5.00.